The van der Waals surface area contributed by atoms with E-state index in [0.717, 1.165) is 28.4 Å². The van der Waals surface area contributed by atoms with Crippen molar-refractivity contribution in [2.45, 2.75) is 30.8 Å². The van der Waals surface area contributed by atoms with Gasteiger partial charge in [0.1, 0.15) is 6.54 Å². The zero-order valence-corrected chi connectivity index (χ0v) is 20.6. The molecule has 7 nitrogen and oxygen atoms in total. The van der Waals surface area contributed by atoms with Gasteiger partial charge in [0, 0.05) is 31.1 Å². The standard InChI is InChI=1S/C26H26ClN3O4S/c27-22-12-14-24(15-13-22)35(33,34)30(23-5-2-1-3-6-23)19-25(31)28-17-20-8-10-21(11-9-20)18-29-16-4-7-26(29)32/h1-3,5-6,8-15H,4,7,16-19H2,(H,28,31). The number of anilines is 1. The lowest BCUT2D eigenvalue weighted by atomic mass is 10.1. The van der Waals surface area contributed by atoms with Gasteiger partial charge < -0.3 is 10.2 Å². The number of amides is 2. The molecule has 1 N–H and O–H groups in total. The second-order valence-electron chi connectivity index (χ2n) is 8.31. The van der Waals surface area contributed by atoms with E-state index in [1.165, 1.54) is 24.3 Å². The van der Waals surface area contributed by atoms with E-state index in [-0.39, 0.29) is 23.9 Å². The minimum absolute atomic E-state index is 0.0469. The topological polar surface area (TPSA) is 86.8 Å². The Hall–Kier alpha value is -3.36. The molecule has 0 spiro atoms. The summed E-state index contributed by atoms with van der Waals surface area (Å²) < 4.78 is 27.7. The minimum atomic E-state index is -3.99. The summed E-state index contributed by atoms with van der Waals surface area (Å²) in [6.07, 6.45) is 1.51. The average molecular weight is 512 g/mol. The van der Waals surface area contributed by atoms with Crippen molar-refractivity contribution in [3.8, 4) is 0 Å². The molecule has 0 aliphatic carbocycles. The summed E-state index contributed by atoms with van der Waals surface area (Å²) >= 11 is 5.91. The highest BCUT2D eigenvalue weighted by atomic mass is 35.5. The van der Waals surface area contributed by atoms with Crippen LogP contribution in [-0.2, 0) is 32.7 Å². The van der Waals surface area contributed by atoms with E-state index in [1.807, 2.05) is 29.2 Å². The molecule has 1 aliphatic rings. The predicted molar refractivity (Wildman–Crippen MR) is 135 cm³/mol. The smallest absolute Gasteiger partial charge is 0.264 e. The molecule has 1 heterocycles. The van der Waals surface area contributed by atoms with Gasteiger partial charge in [-0.15, -0.1) is 0 Å². The van der Waals surface area contributed by atoms with Gasteiger partial charge in [0.15, 0.2) is 0 Å². The van der Waals surface area contributed by atoms with E-state index < -0.39 is 15.9 Å². The lowest BCUT2D eigenvalue weighted by Crippen LogP contribution is -2.40. The minimum Gasteiger partial charge on any atom is -0.350 e. The number of benzene rings is 3. The number of para-hydroxylation sites is 1. The number of sulfonamides is 1. The van der Waals surface area contributed by atoms with Gasteiger partial charge in [-0.05, 0) is 53.9 Å². The third-order valence-electron chi connectivity index (χ3n) is 5.79. The van der Waals surface area contributed by atoms with E-state index in [9.17, 15) is 18.0 Å². The fourth-order valence-electron chi connectivity index (χ4n) is 3.88. The first-order valence-corrected chi connectivity index (χ1v) is 13.1. The maximum atomic E-state index is 13.3. The summed E-state index contributed by atoms with van der Waals surface area (Å²) in [7, 11) is -3.99. The largest absolute Gasteiger partial charge is 0.350 e. The SMILES string of the molecule is O=C(CN(c1ccccc1)S(=O)(=O)c1ccc(Cl)cc1)NCc1ccc(CN2CCCC2=O)cc1. The molecule has 35 heavy (non-hydrogen) atoms. The van der Waals surface area contributed by atoms with Crippen LogP contribution in [0.3, 0.4) is 0 Å². The maximum Gasteiger partial charge on any atom is 0.264 e. The second kappa shape index (κ2) is 10.9. The fraction of sp³-hybridized carbons (Fsp3) is 0.231. The number of likely N-dealkylation sites (tertiary alicyclic amines) is 1. The number of nitrogens with one attached hydrogen (secondary N) is 1. The molecule has 0 saturated carbocycles. The molecule has 9 heteroatoms. The van der Waals surface area contributed by atoms with Crippen LogP contribution in [0.25, 0.3) is 0 Å². The van der Waals surface area contributed by atoms with Crippen LogP contribution in [0.15, 0.2) is 83.8 Å². The van der Waals surface area contributed by atoms with Gasteiger partial charge in [0.25, 0.3) is 10.0 Å². The summed E-state index contributed by atoms with van der Waals surface area (Å²) in [6.45, 7) is 1.25. The maximum absolute atomic E-state index is 13.3. The number of halogens is 1. The van der Waals surface area contributed by atoms with Gasteiger partial charge in [0.05, 0.1) is 10.6 Å². The molecule has 0 radical (unpaired) electrons. The third kappa shape index (κ3) is 6.21. The van der Waals surface area contributed by atoms with Crippen molar-refractivity contribution in [1.82, 2.24) is 10.2 Å². The van der Waals surface area contributed by atoms with Crippen molar-refractivity contribution in [2.24, 2.45) is 0 Å². The van der Waals surface area contributed by atoms with Crippen LogP contribution in [0.1, 0.15) is 24.0 Å². The summed E-state index contributed by atoms with van der Waals surface area (Å²) in [5.74, 6) is -0.254. The number of nitrogens with zero attached hydrogens (tertiary/aromatic N) is 2. The van der Waals surface area contributed by atoms with Crippen LogP contribution in [0.5, 0.6) is 0 Å². The van der Waals surface area contributed by atoms with E-state index >= 15 is 0 Å². The normalized spacial score (nSPS) is 13.6. The number of hydrogen-bond acceptors (Lipinski definition) is 4. The first kappa shape index (κ1) is 24.8. The zero-order chi connectivity index (χ0) is 24.8. The second-order valence-corrected chi connectivity index (χ2v) is 10.6. The number of carbonyl (C=O) groups excluding carboxylic acids is 2. The predicted octanol–water partition coefficient (Wildman–Crippen LogP) is 3.97. The fourth-order valence-corrected chi connectivity index (χ4v) is 5.43. The van der Waals surface area contributed by atoms with Gasteiger partial charge in [-0.3, -0.25) is 13.9 Å². The quantitative estimate of drug-likeness (QED) is 0.471. The van der Waals surface area contributed by atoms with Crippen molar-refractivity contribution >= 4 is 39.1 Å². The Labute approximate surface area is 210 Å². The summed E-state index contributed by atoms with van der Waals surface area (Å²) in [5, 5.41) is 3.22. The summed E-state index contributed by atoms with van der Waals surface area (Å²) in [5.41, 5.74) is 2.29. The highest BCUT2D eigenvalue weighted by Gasteiger charge is 2.27. The molecule has 1 fully saturated rings. The molecule has 1 saturated heterocycles. The summed E-state index contributed by atoms with van der Waals surface area (Å²) in [4.78, 5) is 26.5. The van der Waals surface area contributed by atoms with Crippen LogP contribution in [0.2, 0.25) is 5.02 Å². The van der Waals surface area contributed by atoms with Crippen LogP contribution in [0.4, 0.5) is 5.69 Å². The Bertz CT molecular complexity index is 1280. The van der Waals surface area contributed by atoms with Gasteiger partial charge in [-0.25, -0.2) is 8.42 Å². The van der Waals surface area contributed by atoms with E-state index in [1.54, 1.807) is 30.3 Å². The van der Waals surface area contributed by atoms with Gasteiger partial charge in [0.2, 0.25) is 11.8 Å². The molecule has 0 atom stereocenters. The van der Waals surface area contributed by atoms with Crippen molar-refractivity contribution in [2.75, 3.05) is 17.4 Å². The van der Waals surface area contributed by atoms with Gasteiger partial charge >= 0.3 is 0 Å². The van der Waals surface area contributed by atoms with Crippen molar-refractivity contribution in [1.29, 1.82) is 0 Å². The number of rotatable bonds is 9. The Kier molecular flexibility index (Phi) is 7.73. The molecule has 0 bridgehead atoms. The van der Waals surface area contributed by atoms with E-state index in [2.05, 4.69) is 5.32 Å². The Morgan fingerprint density at radius 3 is 2.23 bits per heavy atom. The van der Waals surface area contributed by atoms with Gasteiger partial charge in [-0.2, -0.15) is 0 Å². The lowest BCUT2D eigenvalue weighted by Gasteiger charge is -2.24. The van der Waals surface area contributed by atoms with Crippen molar-refractivity contribution in [3.63, 3.8) is 0 Å². The lowest BCUT2D eigenvalue weighted by molar-refractivity contribution is -0.128. The molecule has 4 rings (SSSR count). The monoisotopic (exact) mass is 511 g/mol. The molecular weight excluding hydrogens is 486 g/mol. The summed E-state index contributed by atoms with van der Waals surface area (Å²) in [6, 6.07) is 22.0. The van der Waals surface area contributed by atoms with Crippen LogP contribution in [0, 0.1) is 0 Å². The van der Waals surface area contributed by atoms with Crippen molar-refractivity contribution in [3.05, 3.63) is 95.0 Å². The molecule has 0 unspecified atom stereocenters. The number of carbonyl (C=O) groups is 2. The zero-order valence-electron chi connectivity index (χ0n) is 19.1. The van der Waals surface area contributed by atoms with Crippen LogP contribution < -0.4 is 9.62 Å². The molecule has 0 aromatic heterocycles. The molecule has 1 aliphatic heterocycles. The molecule has 182 valence electrons. The molecular formula is C26H26ClN3O4S. The molecule has 3 aromatic carbocycles. The highest BCUT2D eigenvalue weighted by Crippen LogP contribution is 2.24. The molecule has 3 aromatic rings. The number of hydrogen-bond donors (Lipinski definition) is 1. The Morgan fingerprint density at radius 2 is 1.60 bits per heavy atom. The first-order chi connectivity index (χ1) is 16.8. The third-order valence-corrected chi connectivity index (χ3v) is 7.83. The van der Waals surface area contributed by atoms with Crippen molar-refractivity contribution < 1.29 is 18.0 Å². The van der Waals surface area contributed by atoms with Crippen LogP contribution >= 0.6 is 11.6 Å². The first-order valence-electron chi connectivity index (χ1n) is 11.3. The average Bonchev–Trinajstić information content (AvgIpc) is 3.27. The van der Waals surface area contributed by atoms with E-state index in [0.29, 0.717) is 23.7 Å². The Balaban J connectivity index is 1.42. The molecule has 2 amide bonds. The van der Waals surface area contributed by atoms with Gasteiger partial charge in [-0.1, -0.05) is 54.1 Å². The Morgan fingerprint density at radius 1 is 0.943 bits per heavy atom. The highest BCUT2D eigenvalue weighted by molar-refractivity contribution is 7.92. The van der Waals surface area contributed by atoms with Crippen LogP contribution in [-0.4, -0.2) is 38.2 Å². The van der Waals surface area contributed by atoms with E-state index in [4.69, 9.17) is 11.6 Å².